The maximum absolute atomic E-state index is 12.7. The normalized spacial score (nSPS) is 18.3. The monoisotopic (exact) mass is 390 g/mol. The van der Waals surface area contributed by atoms with Crippen LogP contribution >= 0.6 is 0 Å². The van der Waals surface area contributed by atoms with Gasteiger partial charge < -0.3 is 19.5 Å². The topological polar surface area (TPSA) is 94.2 Å². The summed E-state index contributed by atoms with van der Waals surface area (Å²) in [5.74, 6) is 1.06. The van der Waals surface area contributed by atoms with Gasteiger partial charge in [-0.15, -0.1) is 0 Å². The van der Waals surface area contributed by atoms with Gasteiger partial charge in [0.25, 0.3) is 5.91 Å². The van der Waals surface area contributed by atoms with Gasteiger partial charge in [0, 0.05) is 11.8 Å². The van der Waals surface area contributed by atoms with Gasteiger partial charge in [-0.05, 0) is 24.3 Å². The maximum atomic E-state index is 12.7. The summed E-state index contributed by atoms with van der Waals surface area (Å²) < 4.78 is 42.2. The quantitative estimate of drug-likeness (QED) is 0.856. The molecule has 0 unspecified atom stereocenters. The summed E-state index contributed by atoms with van der Waals surface area (Å²) in [6.07, 6.45) is 0.119. The number of rotatable bonds is 3. The van der Waals surface area contributed by atoms with Crippen molar-refractivity contribution >= 4 is 27.3 Å². The zero-order chi connectivity index (χ0) is 19.0. The van der Waals surface area contributed by atoms with E-state index in [1.807, 2.05) is 0 Å². The number of para-hydroxylation sites is 2. The number of carbonyl (C=O) groups excluding carboxylic acids is 1. The molecule has 0 fully saturated rings. The Morgan fingerprint density at radius 1 is 1.07 bits per heavy atom. The minimum Gasteiger partial charge on any atom is -0.486 e. The Morgan fingerprint density at radius 2 is 1.81 bits per heavy atom. The van der Waals surface area contributed by atoms with E-state index in [4.69, 9.17) is 14.2 Å². The zero-order valence-corrected chi connectivity index (χ0v) is 15.4. The molecule has 4 rings (SSSR count). The second kappa shape index (κ2) is 6.66. The van der Waals surface area contributed by atoms with Crippen LogP contribution in [0.4, 0.5) is 11.4 Å². The molecular weight excluding hydrogens is 372 g/mol. The van der Waals surface area contributed by atoms with E-state index in [1.165, 1.54) is 4.31 Å². The molecule has 2 aromatic carbocycles. The third kappa shape index (κ3) is 3.50. The first kappa shape index (κ1) is 17.5. The van der Waals surface area contributed by atoms with Crippen molar-refractivity contribution in [2.75, 3.05) is 35.6 Å². The first-order valence-electron chi connectivity index (χ1n) is 8.36. The van der Waals surface area contributed by atoms with Crippen molar-refractivity contribution in [1.82, 2.24) is 0 Å². The summed E-state index contributed by atoms with van der Waals surface area (Å²) >= 11 is 0. The van der Waals surface area contributed by atoms with Gasteiger partial charge in [-0.3, -0.25) is 9.10 Å². The molecule has 0 aliphatic carbocycles. The van der Waals surface area contributed by atoms with Crippen molar-refractivity contribution in [3.05, 3.63) is 42.5 Å². The molecule has 142 valence electrons. The van der Waals surface area contributed by atoms with Gasteiger partial charge in [-0.1, -0.05) is 12.1 Å². The largest absolute Gasteiger partial charge is 0.486 e. The Bertz CT molecular complexity index is 991. The van der Waals surface area contributed by atoms with E-state index in [1.54, 1.807) is 42.5 Å². The number of amides is 1. The molecule has 2 aliphatic heterocycles. The van der Waals surface area contributed by atoms with Gasteiger partial charge in [-0.25, -0.2) is 8.42 Å². The van der Waals surface area contributed by atoms with Gasteiger partial charge in [0.15, 0.2) is 17.6 Å². The van der Waals surface area contributed by atoms with Crippen molar-refractivity contribution in [1.29, 1.82) is 0 Å². The van der Waals surface area contributed by atoms with Crippen LogP contribution in [0, 0.1) is 0 Å². The van der Waals surface area contributed by atoms with Gasteiger partial charge >= 0.3 is 0 Å². The van der Waals surface area contributed by atoms with Crippen molar-refractivity contribution in [3.63, 3.8) is 0 Å². The number of ether oxygens (including phenoxy) is 3. The number of anilines is 2. The van der Waals surface area contributed by atoms with E-state index in [0.717, 1.165) is 6.26 Å². The van der Waals surface area contributed by atoms with E-state index in [-0.39, 0.29) is 6.54 Å². The molecule has 0 bridgehead atoms. The number of nitrogens with zero attached hydrogens (tertiary/aromatic N) is 1. The molecule has 0 saturated carbocycles. The Kier molecular flexibility index (Phi) is 4.31. The van der Waals surface area contributed by atoms with Crippen LogP contribution in [-0.4, -0.2) is 46.4 Å². The maximum Gasteiger partial charge on any atom is 0.267 e. The van der Waals surface area contributed by atoms with E-state index in [0.29, 0.717) is 41.8 Å². The molecular formula is C18H18N2O6S. The Labute approximate surface area is 156 Å². The fraction of sp³-hybridized carbons (Fsp3) is 0.278. The van der Waals surface area contributed by atoms with Crippen LogP contribution in [0.15, 0.2) is 42.5 Å². The third-order valence-corrected chi connectivity index (χ3v) is 5.38. The summed E-state index contributed by atoms with van der Waals surface area (Å²) in [5.41, 5.74) is 0.931. The number of sulfonamides is 1. The summed E-state index contributed by atoms with van der Waals surface area (Å²) in [5, 5.41) is 2.74. The molecule has 1 atom stereocenters. The minimum atomic E-state index is -3.55. The molecule has 2 aliphatic rings. The Balaban J connectivity index is 1.56. The van der Waals surface area contributed by atoms with Crippen LogP contribution in [0.25, 0.3) is 0 Å². The fourth-order valence-corrected chi connectivity index (χ4v) is 3.91. The molecule has 0 saturated heterocycles. The lowest BCUT2D eigenvalue weighted by Crippen LogP contribution is -2.48. The van der Waals surface area contributed by atoms with Crippen molar-refractivity contribution in [2.24, 2.45) is 0 Å². The second-order valence-corrected chi connectivity index (χ2v) is 8.12. The number of fused-ring (bicyclic) bond motifs is 2. The molecule has 9 heteroatoms. The summed E-state index contributed by atoms with van der Waals surface area (Å²) in [6.45, 7) is 0.817. The average Bonchev–Trinajstić information content (AvgIpc) is 2.66. The number of carbonyl (C=O) groups is 1. The van der Waals surface area contributed by atoms with Crippen LogP contribution in [0.2, 0.25) is 0 Å². The molecule has 1 amide bonds. The van der Waals surface area contributed by atoms with Crippen LogP contribution in [-0.2, 0) is 14.8 Å². The molecule has 27 heavy (non-hydrogen) atoms. The number of nitrogens with one attached hydrogen (secondary N) is 1. The Morgan fingerprint density at radius 3 is 2.59 bits per heavy atom. The van der Waals surface area contributed by atoms with Gasteiger partial charge in [0.2, 0.25) is 10.0 Å². The van der Waals surface area contributed by atoms with Crippen LogP contribution in [0.1, 0.15) is 0 Å². The van der Waals surface area contributed by atoms with Crippen molar-refractivity contribution in [3.8, 4) is 17.2 Å². The number of benzene rings is 2. The predicted octanol–water partition coefficient (Wildman–Crippen LogP) is 1.62. The smallest absolute Gasteiger partial charge is 0.267 e. The van der Waals surface area contributed by atoms with Gasteiger partial charge in [0.1, 0.15) is 19.0 Å². The SMILES string of the molecule is CS(=O)(=O)N1C[C@@H](C(=O)Nc2ccc3c(c2)OCCO3)Oc2ccccc21. The van der Waals surface area contributed by atoms with E-state index >= 15 is 0 Å². The minimum absolute atomic E-state index is 0.105. The summed E-state index contributed by atoms with van der Waals surface area (Å²) in [4.78, 5) is 12.7. The summed E-state index contributed by atoms with van der Waals surface area (Å²) in [6, 6.07) is 11.8. The van der Waals surface area contributed by atoms with Crippen LogP contribution < -0.4 is 23.8 Å². The number of hydrogen-bond acceptors (Lipinski definition) is 6. The van der Waals surface area contributed by atoms with Crippen LogP contribution in [0.5, 0.6) is 17.2 Å². The zero-order valence-electron chi connectivity index (χ0n) is 14.5. The molecule has 0 spiro atoms. The van der Waals surface area contributed by atoms with E-state index in [2.05, 4.69) is 5.32 Å². The third-order valence-electron chi connectivity index (χ3n) is 4.24. The lowest BCUT2D eigenvalue weighted by molar-refractivity contribution is -0.122. The molecule has 0 aromatic heterocycles. The van der Waals surface area contributed by atoms with E-state index < -0.39 is 22.0 Å². The van der Waals surface area contributed by atoms with Crippen molar-refractivity contribution < 1.29 is 27.4 Å². The average molecular weight is 390 g/mol. The van der Waals surface area contributed by atoms with Gasteiger partial charge in [-0.2, -0.15) is 0 Å². The molecule has 1 N–H and O–H groups in total. The first-order chi connectivity index (χ1) is 12.9. The fourth-order valence-electron chi connectivity index (χ4n) is 3.00. The lowest BCUT2D eigenvalue weighted by Gasteiger charge is -2.33. The standard InChI is InChI=1S/C18H18N2O6S/c1-27(22,23)20-11-17(26-14-5-3-2-4-13(14)20)18(21)19-12-6-7-15-16(10-12)25-9-8-24-15/h2-7,10,17H,8-9,11H2,1H3,(H,19,21)/t17-/m0/s1. The molecule has 2 aromatic rings. The Hall–Kier alpha value is -2.94. The highest BCUT2D eigenvalue weighted by molar-refractivity contribution is 7.92. The second-order valence-electron chi connectivity index (χ2n) is 6.22. The molecule has 8 nitrogen and oxygen atoms in total. The lowest BCUT2D eigenvalue weighted by atomic mass is 10.2. The molecule has 0 radical (unpaired) electrons. The molecule has 2 heterocycles. The van der Waals surface area contributed by atoms with E-state index in [9.17, 15) is 13.2 Å². The first-order valence-corrected chi connectivity index (χ1v) is 10.2. The summed E-state index contributed by atoms with van der Waals surface area (Å²) in [7, 11) is -3.55. The van der Waals surface area contributed by atoms with Gasteiger partial charge in [0.05, 0.1) is 18.5 Å². The highest BCUT2D eigenvalue weighted by Gasteiger charge is 2.35. The number of hydrogen-bond donors (Lipinski definition) is 1. The van der Waals surface area contributed by atoms with Crippen LogP contribution in [0.3, 0.4) is 0 Å². The highest BCUT2D eigenvalue weighted by atomic mass is 32.2. The predicted molar refractivity (Wildman–Crippen MR) is 99.1 cm³/mol. The highest BCUT2D eigenvalue weighted by Crippen LogP contribution is 2.35. The van der Waals surface area contributed by atoms with Crippen molar-refractivity contribution in [2.45, 2.75) is 6.10 Å².